The van der Waals surface area contributed by atoms with Crippen LogP contribution in [0.2, 0.25) is 0 Å². The summed E-state index contributed by atoms with van der Waals surface area (Å²) in [6, 6.07) is 0. The minimum atomic E-state index is -0.542. The third-order valence-electron chi connectivity index (χ3n) is 7.38. The Labute approximate surface area is 125 Å². The largest absolute Gasteiger partial charge is 0.481 e. The van der Waals surface area contributed by atoms with Crippen molar-refractivity contribution in [2.75, 3.05) is 0 Å². The van der Waals surface area contributed by atoms with Crippen molar-refractivity contribution in [1.82, 2.24) is 0 Å². The molecule has 1 aliphatic heterocycles. The third-order valence-corrected chi connectivity index (χ3v) is 7.38. The van der Waals surface area contributed by atoms with Gasteiger partial charge in [0.15, 0.2) is 0 Å². The summed E-state index contributed by atoms with van der Waals surface area (Å²) in [4.78, 5) is 12.0. The van der Waals surface area contributed by atoms with Crippen LogP contribution in [0, 0.1) is 17.3 Å². The molecule has 5 atom stereocenters. The third kappa shape index (κ3) is 1.21. The van der Waals surface area contributed by atoms with Crippen molar-refractivity contribution in [3.05, 3.63) is 23.8 Å². The van der Waals surface area contributed by atoms with E-state index >= 15 is 0 Å². The van der Waals surface area contributed by atoms with Crippen molar-refractivity contribution in [1.29, 1.82) is 0 Å². The molecule has 21 heavy (non-hydrogen) atoms. The van der Waals surface area contributed by atoms with Gasteiger partial charge in [0.2, 0.25) is 0 Å². The topological polar surface area (TPSA) is 49.8 Å². The van der Waals surface area contributed by atoms with Crippen molar-refractivity contribution in [3.8, 4) is 0 Å². The van der Waals surface area contributed by atoms with Gasteiger partial charge in [-0.25, -0.2) is 0 Å². The normalized spacial score (nSPS) is 53.0. The molecular formula is C18H22O3. The van der Waals surface area contributed by atoms with Crippen LogP contribution in [0.3, 0.4) is 0 Å². The number of hydrogen-bond donors (Lipinski definition) is 1. The Bertz CT molecular complexity index is 591. The number of hydrogen-bond acceptors (Lipinski definition) is 2. The van der Waals surface area contributed by atoms with Gasteiger partial charge in [-0.2, -0.15) is 0 Å². The van der Waals surface area contributed by atoms with Crippen LogP contribution in [-0.2, 0) is 9.53 Å². The number of aliphatic carboxylic acids is 1. The predicted molar refractivity (Wildman–Crippen MR) is 77.8 cm³/mol. The molecule has 4 fully saturated rings. The lowest BCUT2D eigenvalue weighted by Gasteiger charge is -2.48. The van der Waals surface area contributed by atoms with Crippen molar-refractivity contribution >= 4 is 5.97 Å². The average Bonchev–Trinajstić information content (AvgIpc) is 2.91. The lowest BCUT2D eigenvalue weighted by molar-refractivity contribution is -0.158. The van der Waals surface area contributed by atoms with E-state index in [4.69, 9.17) is 4.74 Å². The van der Waals surface area contributed by atoms with Crippen LogP contribution in [0.5, 0.6) is 0 Å². The lowest BCUT2D eigenvalue weighted by atomic mass is 9.52. The Morgan fingerprint density at radius 1 is 1.24 bits per heavy atom. The van der Waals surface area contributed by atoms with E-state index in [0.717, 1.165) is 51.4 Å². The Kier molecular flexibility index (Phi) is 2.15. The summed E-state index contributed by atoms with van der Waals surface area (Å²) in [7, 11) is 0. The highest BCUT2D eigenvalue weighted by Gasteiger charge is 2.79. The van der Waals surface area contributed by atoms with Crippen molar-refractivity contribution in [2.45, 2.75) is 62.6 Å². The molecule has 1 heterocycles. The summed E-state index contributed by atoms with van der Waals surface area (Å²) in [5.41, 5.74) is 0.977. The van der Waals surface area contributed by atoms with Crippen LogP contribution in [0.4, 0.5) is 0 Å². The van der Waals surface area contributed by atoms with Gasteiger partial charge in [-0.15, -0.1) is 0 Å². The molecule has 0 aromatic heterocycles. The van der Waals surface area contributed by atoms with Gasteiger partial charge < -0.3 is 9.84 Å². The lowest BCUT2D eigenvalue weighted by Crippen LogP contribution is -2.53. The Balaban J connectivity index is 1.57. The van der Waals surface area contributed by atoms with Crippen molar-refractivity contribution in [3.63, 3.8) is 0 Å². The summed E-state index contributed by atoms with van der Waals surface area (Å²) in [5, 5.41) is 9.85. The molecule has 2 spiro atoms. The van der Waals surface area contributed by atoms with Crippen LogP contribution >= 0.6 is 0 Å². The molecule has 112 valence electrons. The van der Waals surface area contributed by atoms with Crippen molar-refractivity contribution in [2.24, 2.45) is 17.3 Å². The minimum absolute atomic E-state index is 0.0181. The first-order valence-corrected chi connectivity index (χ1v) is 8.44. The molecule has 0 aromatic rings. The quantitative estimate of drug-likeness (QED) is 0.751. The maximum absolute atomic E-state index is 12.0. The zero-order chi connectivity index (χ0) is 14.3. The molecule has 3 saturated carbocycles. The molecule has 5 aliphatic rings. The Morgan fingerprint density at radius 2 is 2.14 bits per heavy atom. The fourth-order valence-electron chi connectivity index (χ4n) is 6.47. The molecule has 5 rings (SSSR count). The minimum Gasteiger partial charge on any atom is -0.481 e. The second-order valence-corrected chi connectivity index (χ2v) is 7.75. The highest BCUT2D eigenvalue weighted by molar-refractivity contribution is 5.76. The number of fused-ring (bicyclic) bond motifs is 2. The number of rotatable bonds is 1. The van der Waals surface area contributed by atoms with E-state index in [-0.39, 0.29) is 11.2 Å². The van der Waals surface area contributed by atoms with Crippen LogP contribution < -0.4 is 0 Å². The average molecular weight is 286 g/mol. The van der Waals surface area contributed by atoms with E-state index in [2.05, 4.69) is 18.2 Å². The van der Waals surface area contributed by atoms with E-state index < -0.39 is 11.4 Å². The highest BCUT2D eigenvalue weighted by atomic mass is 16.6. The van der Waals surface area contributed by atoms with Gasteiger partial charge >= 0.3 is 5.97 Å². The second-order valence-electron chi connectivity index (χ2n) is 7.75. The molecule has 2 unspecified atom stereocenters. The van der Waals surface area contributed by atoms with Gasteiger partial charge in [-0.1, -0.05) is 24.6 Å². The predicted octanol–water partition coefficient (Wildman–Crippen LogP) is 3.46. The van der Waals surface area contributed by atoms with E-state index in [1.807, 2.05) is 0 Å². The number of ether oxygens (including phenoxy) is 1. The van der Waals surface area contributed by atoms with Gasteiger partial charge in [0.1, 0.15) is 11.2 Å². The van der Waals surface area contributed by atoms with Gasteiger partial charge in [-0.3, -0.25) is 4.79 Å². The van der Waals surface area contributed by atoms with Gasteiger partial charge in [-0.05, 0) is 55.9 Å². The Hall–Kier alpha value is -1.09. The SMILES string of the molecule is O=C(O)[C@@]12CCCC1C1CCC3=CC=CC[C@]34O[C@]14CC2. The van der Waals surface area contributed by atoms with Gasteiger partial charge in [0, 0.05) is 6.42 Å². The molecule has 0 bridgehead atoms. The van der Waals surface area contributed by atoms with E-state index in [9.17, 15) is 9.90 Å². The summed E-state index contributed by atoms with van der Waals surface area (Å²) >= 11 is 0. The smallest absolute Gasteiger partial charge is 0.309 e. The molecule has 0 radical (unpaired) electrons. The van der Waals surface area contributed by atoms with Crippen molar-refractivity contribution < 1.29 is 14.6 Å². The maximum atomic E-state index is 12.0. The summed E-state index contributed by atoms with van der Waals surface area (Å²) < 4.78 is 6.48. The standard InChI is InChI=1S/C18H22O3/c19-15(20)16-8-3-5-13(16)14-7-6-12-4-1-2-9-17(12)18(14,21-17)11-10-16/h1-2,4,13-14H,3,5-11H2,(H,19,20)/t13?,14?,16-,17+,18-/m1/s1. The highest BCUT2D eigenvalue weighted by Crippen LogP contribution is 2.74. The number of carbonyl (C=O) groups is 1. The molecule has 3 heteroatoms. The maximum Gasteiger partial charge on any atom is 0.309 e. The van der Waals surface area contributed by atoms with E-state index in [1.54, 1.807) is 0 Å². The zero-order valence-corrected chi connectivity index (χ0v) is 12.3. The zero-order valence-electron chi connectivity index (χ0n) is 12.3. The first kappa shape index (κ1) is 12.5. The fourth-order valence-corrected chi connectivity index (χ4v) is 6.47. The molecule has 3 nitrogen and oxygen atoms in total. The monoisotopic (exact) mass is 286 g/mol. The first-order chi connectivity index (χ1) is 10.1. The number of allylic oxidation sites excluding steroid dienone is 2. The molecule has 0 amide bonds. The van der Waals surface area contributed by atoms with Crippen LogP contribution in [-0.4, -0.2) is 22.3 Å². The van der Waals surface area contributed by atoms with Gasteiger partial charge in [0.25, 0.3) is 0 Å². The van der Waals surface area contributed by atoms with Gasteiger partial charge in [0.05, 0.1) is 5.41 Å². The molecular weight excluding hydrogens is 264 g/mol. The van der Waals surface area contributed by atoms with Crippen LogP contribution in [0.1, 0.15) is 51.4 Å². The van der Waals surface area contributed by atoms with Crippen LogP contribution in [0.25, 0.3) is 0 Å². The fraction of sp³-hybridized carbons (Fsp3) is 0.722. The number of epoxide rings is 1. The summed E-state index contributed by atoms with van der Waals surface area (Å²) in [5.74, 6) is 0.267. The molecule has 0 aromatic carbocycles. The molecule has 4 aliphatic carbocycles. The van der Waals surface area contributed by atoms with E-state index in [0.29, 0.717) is 11.8 Å². The molecule has 1 N–H and O–H groups in total. The first-order valence-electron chi connectivity index (χ1n) is 8.44. The van der Waals surface area contributed by atoms with E-state index in [1.165, 1.54) is 5.57 Å². The second kappa shape index (κ2) is 3.62. The Morgan fingerprint density at radius 3 is 3.00 bits per heavy atom. The molecule has 1 saturated heterocycles. The summed E-state index contributed by atoms with van der Waals surface area (Å²) in [6.45, 7) is 0. The summed E-state index contributed by atoms with van der Waals surface area (Å²) in [6.07, 6.45) is 14.7. The number of carboxylic acids is 1. The number of carboxylic acid groups (broad SMARTS) is 1. The van der Waals surface area contributed by atoms with Crippen LogP contribution in [0.15, 0.2) is 23.8 Å².